The maximum absolute atomic E-state index is 13.6. The fourth-order valence-electron chi connectivity index (χ4n) is 8.91. The van der Waals surface area contributed by atoms with Crippen molar-refractivity contribution in [3.8, 4) is 23.5 Å². The zero-order chi connectivity index (χ0) is 49.0. The quantitative estimate of drug-likeness (QED) is 0.0404. The number of hydrogen-bond acceptors (Lipinski definition) is 11. The van der Waals surface area contributed by atoms with Crippen molar-refractivity contribution in [1.82, 2.24) is 20.5 Å². The highest BCUT2D eigenvalue weighted by Crippen LogP contribution is 2.44. The van der Waals surface area contributed by atoms with Gasteiger partial charge in [0.05, 0.1) is 77.6 Å². The van der Waals surface area contributed by atoms with Gasteiger partial charge in [0.25, 0.3) is 11.8 Å². The molecular formula is C54H67N5O9S. The highest BCUT2D eigenvalue weighted by atomic mass is 32.1. The van der Waals surface area contributed by atoms with Crippen LogP contribution in [0.3, 0.4) is 0 Å². The highest BCUT2D eigenvalue weighted by Gasteiger charge is 2.36. The second-order valence-electron chi connectivity index (χ2n) is 17.6. The molecule has 0 radical (unpaired) electrons. The summed E-state index contributed by atoms with van der Waals surface area (Å²) in [4.78, 5) is 60.0. The van der Waals surface area contributed by atoms with Gasteiger partial charge in [0, 0.05) is 67.9 Å². The van der Waals surface area contributed by atoms with Crippen molar-refractivity contribution in [2.75, 3.05) is 97.1 Å². The maximum Gasteiger partial charge on any atom is 0.262 e. The number of terminal acetylenes is 1. The van der Waals surface area contributed by atoms with Gasteiger partial charge in [-0.1, -0.05) is 68.3 Å². The van der Waals surface area contributed by atoms with E-state index >= 15 is 0 Å². The van der Waals surface area contributed by atoms with Crippen LogP contribution in [0.1, 0.15) is 78.9 Å². The number of ether oxygens (including phenoxy) is 5. The van der Waals surface area contributed by atoms with E-state index in [2.05, 4.69) is 60.5 Å². The number of nitrogens with zero attached hydrogens (tertiary/aromatic N) is 3. The minimum atomic E-state index is -0.406. The summed E-state index contributed by atoms with van der Waals surface area (Å²) >= 11 is 1.40. The van der Waals surface area contributed by atoms with Gasteiger partial charge in [-0.2, -0.15) is 0 Å². The average Bonchev–Trinajstić information content (AvgIpc) is 3.89. The normalized spacial score (nSPS) is 18.1. The van der Waals surface area contributed by atoms with E-state index in [0.29, 0.717) is 115 Å². The Morgan fingerprint density at radius 3 is 1.99 bits per heavy atom. The Bertz CT molecular complexity index is 2330. The van der Waals surface area contributed by atoms with Gasteiger partial charge in [-0.3, -0.25) is 19.2 Å². The van der Waals surface area contributed by atoms with Gasteiger partial charge >= 0.3 is 0 Å². The van der Waals surface area contributed by atoms with Crippen LogP contribution in [0, 0.1) is 24.2 Å². The molecule has 4 amide bonds. The Hall–Kier alpha value is -5.73. The van der Waals surface area contributed by atoms with Gasteiger partial charge in [0.2, 0.25) is 11.8 Å². The van der Waals surface area contributed by atoms with Crippen molar-refractivity contribution in [2.24, 2.45) is 11.8 Å². The number of anilines is 1. The molecule has 1 aromatic heterocycles. The summed E-state index contributed by atoms with van der Waals surface area (Å²) < 4.78 is 28.0. The fourth-order valence-corrected chi connectivity index (χ4v) is 9.48. The number of thiazole rings is 1. The second kappa shape index (κ2) is 27.5. The predicted octanol–water partition coefficient (Wildman–Crippen LogP) is 6.97. The first-order valence-corrected chi connectivity index (χ1v) is 24.8. The summed E-state index contributed by atoms with van der Waals surface area (Å²) in [5, 5.41) is 8.36. The molecule has 368 valence electrons. The van der Waals surface area contributed by atoms with Crippen LogP contribution in [-0.2, 0) is 38.1 Å². The third-order valence-corrected chi connectivity index (χ3v) is 13.1. The summed E-state index contributed by atoms with van der Waals surface area (Å²) in [7, 11) is 0. The summed E-state index contributed by atoms with van der Waals surface area (Å²) in [5.41, 5.74) is 6.14. The van der Waals surface area contributed by atoms with Gasteiger partial charge < -0.3 is 44.1 Å². The number of nitrogens with one attached hydrogen (secondary N) is 2. The Balaban J connectivity index is 0.760. The summed E-state index contributed by atoms with van der Waals surface area (Å²) in [5.74, 6) is 2.40. The largest absolute Gasteiger partial charge is 0.377 e. The second-order valence-corrected chi connectivity index (χ2v) is 18.5. The lowest BCUT2D eigenvalue weighted by atomic mass is 9.78. The predicted molar refractivity (Wildman–Crippen MR) is 269 cm³/mol. The van der Waals surface area contributed by atoms with Crippen molar-refractivity contribution in [3.05, 3.63) is 112 Å². The van der Waals surface area contributed by atoms with Crippen LogP contribution < -0.4 is 15.5 Å². The van der Waals surface area contributed by atoms with E-state index < -0.39 is 5.92 Å². The molecule has 69 heavy (non-hydrogen) atoms. The third kappa shape index (κ3) is 15.6. The minimum Gasteiger partial charge on any atom is -0.377 e. The highest BCUT2D eigenvalue weighted by molar-refractivity contribution is 7.10. The number of carbonyl (C=O) groups is 4. The monoisotopic (exact) mass is 961 g/mol. The molecule has 3 aromatic carbocycles. The Labute approximate surface area is 411 Å². The van der Waals surface area contributed by atoms with Gasteiger partial charge in [-0.15, -0.1) is 17.8 Å². The smallest absolute Gasteiger partial charge is 0.262 e. The Morgan fingerprint density at radius 2 is 1.41 bits per heavy atom. The zero-order valence-electron chi connectivity index (χ0n) is 40.4. The SMILES string of the molecule is C#C/C(=C\c1nccs1)C(=O)N1CC(C(=O)NCCOCCOCCOCCOCCOCCNC(=O)c2ccc(-c3ccc4c(c3)C(C(C)C)CC(C)N4C(C)=O)cc2)CC(c2ccccc2)C1. The Kier molecular flexibility index (Phi) is 20.9. The lowest BCUT2D eigenvalue weighted by Crippen LogP contribution is -2.48. The van der Waals surface area contributed by atoms with E-state index in [0.717, 1.165) is 28.8 Å². The van der Waals surface area contributed by atoms with Crippen LogP contribution >= 0.6 is 11.3 Å². The molecule has 4 unspecified atom stereocenters. The van der Waals surface area contributed by atoms with Crippen molar-refractivity contribution < 1.29 is 42.9 Å². The maximum atomic E-state index is 13.6. The molecule has 0 spiro atoms. The number of amides is 4. The topological polar surface area (TPSA) is 158 Å². The van der Waals surface area contributed by atoms with Crippen LogP contribution in [0.2, 0.25) is 0 Å². The number of hydrogen-bond donors (Lipinski definition) is 2. The molecule has 4 aromatic rings. The molecule has 2 aliphatic rings. The van der Waals surface area contributed by atoms with Crippen LogP contribution in [0.5, 0.6) is 0 Å². The first-order chi connectivity index (χ1) is 33.5. The summed E-state index contributed by atoms with van der Waals surface area (Å²) in [6, 6.07) is 24.0. The molecule has 14 nitrogen and oxygen atoms in total. The van der Waals surface area contributed by atoms with Crippen molar-refractivity contribution in [3.63, 3.8) is 0 Å². The number of likely N-dealkylation sites (tertiary alicyclic amines) is 1. The van der Waals surface area contributed by atoms with E-state index in [1.807, 2.05) is 64.9 Å². The van der Waals surface area contributed by atoms with E-state index in [-0.39, 0.29) is 47.7 Å². The summed E-state index contributed by atoms with van der Waals surface area (Å²) in [6.07, 6.45) is 10.6. The molecule has 4 atom stereocenters. The molecule has 15 heteroatoms. The lowest BCUT2D eigenvalue weighted by molar-refractivity contribution is -0.133. The molecule has 2 aliphatic heterocycles. The van der Waals surface area contributed by atoms with Crippen molar-refractivity contribution in [2.45, 2.75) is 58.4 Å². The number of piperidine rings is 1. The first-order valence-electron chi connectivity index (χ1n) is 23.9. The van der Waals surface area contributed by atoms with Crippen molar-refractivity contribution >= 4 is 46.7 Å². The lowest BCUT2D eigenvalue weighted by Gasteiger charge is -2.40. The van der Waals surface area contributed by atoms with E-state index in [1.54, 1.807) is 24.1 Å². The number of fused-ring (bicyclic) bond motifs is 1. The number of aromatic nitrogens is 1. The zero-order valence-corrected chi connectivity index (χ0v) is 41.2. The van der Waals surface area contributed by atoms with Crippen LogP contribution in [-0.4, -0.2) is 132 Å². The van der Waals surface area contributed by atoms with Crippen LogP contribution in [0.15, 0.2) is 89.9 Å². The molecule has 1 saturated heterocycles. The molecule has 6 rings (SSSR count). The number of benzene rings is 3. The molecule has 3 heterocycles. The molecule has 2 N–H and O–H groups in total. The minimum absolute atomic E-state index is 0.0139. The van der Waals surface area contributed by atoms with Gasteiger partial charge in [-0.25, -0.2) is 4.98 Å². The first kappa shape index (κ1) is 52.6. The molecule has 0 bridgehead atoms. The Morgan fingerprint density at radius 1 is 0.797 bits per heavy atom. The van der Waals surface area contributed by atoms with Crippen LogP contribution in [0.25, 0.3) is 17.2 Å². The number of rotatable bonds is 25. The molecular weight excluding hydrogens is 895 g/mol. The molecule has 0 aliphatic carbocycles. The molecule has 1 fully saturated rings. The standard InChI is InChI=1S/C54H67N5O9S/c1-6-41(35-51-55-20-31-69-51)54(63)58-36-46(42-10-8-7-9-11-42)33-47(37-58)53(62)57-19-22-65-24-26-67-28-30-68-29-27-66-25-23-64-21-18-56-52(61)44-14-12-43(13-15-44)45-16-17-50-49(34-45)48(38(2)3)32-39(4)59(50)40(5)60/h1,7-17,20,31,34-35,38-39,46-48H,18-19,21-30,32-33,36-37H2,2-5H3,(H,56,61)(H,57,62)/b41-35+. The van der Waals surface area contributed by atoms with Gasteiger partial charge in [-0.05, 0) is 84.2 Å². The van der Waals surface area contributed by atoms with E-state index in [4.69, 9.17) is 30.1 Å². The van der Waals surface area contributed by atoms with E-state index in [9.17, 15) is 19.2 Å². The van der Waals surface area contributed by atoms with Crippen LogP contribution in [0.4, 0.5) is 5.69 Å². The number of carbonyl (C=O) groups excluding carboxylic acids is 4. The van der Waals surface area contributed by atoms with Gasteiger partial charge in [0.15, 0.2) is 0 Å². The third-order valence-electron chi connectivity index (χ3n) is 12.4. The molecule has 0 saturated carbocycles. The fraction of sp³-hybridized carbons (Fsp3) is 0.463. The summed E-state index contributed by atoms with van der Waals surface area (Å²) in [6.45, 7) is 13.6. The average molecular weight is 962 g/mol. The van der Waals surface area contributed by atoms with Gasteiger partial charge in [0.1, 0.15) is 5.01 Å². The van der Waals surface area contributed by atoms with E-state index in [1.165, 1.54) is 16.9 Å². The van der Waals surface area contributed by atoms with Crippen molar-refractivity contribution in [1.29, 1.82) is 0 Å².